The van der Waals surface area contributed by atoms with Gasteiger partial charge in [-0.1, -0.05) is 17.7 Å². The number of sulfone groups is 1. The van der Waals surface area contributed by atoms with Crippen molar-refractivity contribution in [1.82, 2.24) is 0 Å². The molecule has 0 bridgehead atoms. The lowest BCUT2D eigenvalue weighted by atomic mass is 10.0. The minimum atomic E-state index is -3.68. The molecular formula is C23H28N2O4S. The van der Waals surface area contributed by atoms with Crippen molar-refractivity contribution in [3.05, 3.63) is 52.6 Å². The summed E-state index contributed by atoms with van der Waals surface area (Å²) in [6.07, 6.45) is 0.491. The molecule has 2 aromatic rings. The fourth-order valence-electron chi connectivity index (χ4n) is 4.05. The summed E-state index contributed by atoms with van der Waals surface area (Å²) >= 11 is 0. The zero-order valence-corrected chi connectivity index (χ0v) is 18.9. The van der Waals surface area contributed by atoms with Crippen LogP contribution in [0.2, 0.25) is 0 Å². The predicted octanol–water partition coefficient (Wildman–Crippen LogP) is 3.71. The van der Waals surface area contributed by atoms with Crippen LogP contribution in [0.1, 0.15) is 42.5 Å². The summed E-state index contributed by atoms with van der Waals surface area (Å²) in [4.78, 5) is 26.1. The van der Waals surface area contributed by atoms with Crippen LogP contribution in [0.4, 0.5) is 11.4 Å². The number of fused-ring (bicyclic) bond motifs is 1. The molecular weight excluding hydrogens is 400 g/mol. The zero-order valence-electron chi connectivity index (χ0n) is 18.1. The van der Waals surface area contributed by atoms with Crippen LogP contribution in [0.15, 0.2) is 35.2 Å². The van der Waals surface area contributed by atoms with Crippen LogP contribution >= 0.6 is 0 Å². The molecule has 2 aromatic carbocycles. The lowest BCUT2D eigenvalue weighted by Crippen LogP contribution is -2.26. The highest BCUT2D eigenvalue weighted by Crippen LogP contribution is 2.32. The molecule has 0 aromatic heterocycles. The molecule has 0 saturated heterocycles. The molecule has 7 heteroatoms. The third-order valence-electron chi connectivity index (χ3n) is 5.60. The topological polar surface area (TPSA) is 83.6 Å². The number of carbonyl (C=O) groups excluding carboxylic acids is 2. The molecule has 0 fully saturated rings. The van der Waals surface area contributed by atoms with E-state index in [4.69, 9.17) is 0 Å². The first-order valence-electron chi connectivity index (χ1n) is 10.0. The number of anilines is 2. The highest BCUT2D eigenvalue weighted by Gasteiger charge is 2.29. The second-order valence-electron chi connectivity index (χ2n) is 8.09. The summed E-state index contributed by atoms with van der Waals surface area (Å²) in [5, 5.41) is 2.00. The van der Waals surface area contributed by atoms with Crippen LogP contribution < -0.4 is 10.2 Å². The maximum atomic E-state index is 13.1. The number of aryl methyl sites for hydroxylation is 3. The highest BCUT2D eigenvalue weighted by molar-refractivity contribution is 7.92. The number of nitrogens with one attached hydrogen (secondary N) is 1. The summed E-state index contributed by atoms with van der Waals surface area (Å²) in [5.74, 6) is -0.388. The van der Waals surface area contributed by atoms with Crippen molar-refractivity contribution in [2.75, 3.05) is 16.8 Å². The molecule has 0 radical (unpaired) electrons. The van der Waals surface area contributed by atoms with Crippen molar-refractivity contribution in [3.63, 3.8) is 0 Å². The molecule has 0 unspecified atom stereocenters. The molecule has 1 atom stereocenters. The van der Waals surface area contributed by atoms with Gasteiger partial charge in [0.15, 0.2) is 9.84 Å². The lowest BCUT2D eigenvalue weighted by molar-refractivity contribution is -0.117. The average molecular weight is 429 g/mol. The standard InChI is InChI=1S/C23H28N2O4S/c1-14-10-15(2)23(16(3)11-14)24-22(27)12-17(4)30(28,29)20-6-7-21-19(13-20)8-9-25(21)18(5)26/h6-7,10-11,13,17H,8-9,12H2,1-5H3,(H,24,27)/t17-/m1/s1. The number of rotatable bonds is 5. The predicted molar refractivity (Wildman–Crippen MR) is 119 cm³/mol. The summed E-state index contributed by atoms with van der Waals surface area (Å²) in [5.41, 5.74) is 5.34. The van der Waals surface area contributed by atoms with Gasteiger partial charge in [0.2, 0.25) is 11.8 Å². The summed E-state index contributed by atoms with van der Waals surface area (Å²) in [6.45, 7) is 9.44. The molecule has 1 heterocycles. The van der Waals surface area contributed by atoms with Crippen molar-refractivity contribution in [1.29, 1.82) is 0 Å². The Morgan fingerprint density at radius 1 is 1.10 bits per heavy atom. The molecule has 1 aliphatic rings. The monoisotopic (exact) mass is 428 g/mol. The molecule has 30 heavy (non-hydrogen) atoms. The maximum absolute atomic E-state index is 13.1. The highest BCUT2D eigenvalue weighted by atomic mass is 32.2. The fourth-order valence-corrected chi connectivity index (χ4v) is 5.45. The van der Waals surface area contributed by atoms with Crippen LogP contribution in [-0.4, -0.2) is 32.0 Å². The second-order valence-corrected chi connectivity index (χ2v) is 10.5. The van der Waals surface area contributed by atoms with Crippen molar-refractivity contribution in [2.24, 2.45) is 0 Å². The van der Waals surface area contributed by atoms with Crippen molar-refractivity contribution in [2.45, 2.75) is 57.6 Å². The number of amides is 2. The van der Waals surface area contributed by atoms with E-state index in [1.54, 1.807) is 24.0 Å². The van der Waals surface area contributed by atoms with E-state index in [0.29, 0.717) is 13.0 Å². The molecule has 160 valence electrons. The van der Waals surface area contributed by atoms with E-state index >= 15 is 0 Å². The van der Waals surface area contributed by atoms with Gasteiger partial charge in [-0.25, -0.2) is 8.42 Å². The SMILES string of the molecule is CC(=O)N1CCc2cc(S(=O)(=O)[C@H](C)CC(=O)Nc3c(C)cc(C)cc3C)ccc21. The molecule has 0 spiro atoms. The Balaban J connectivity index is 1.76. The number of hydrogen-bond donors (Lipinski definition) is 1. The average Bonchev–Trinajstić information content (AvgIpc) is 3.08. The van der Waals surface area contributed by atoms with E-state index in [0.717, 1.165) is 33.6 Å². The van der Waals surface area contributed by atoms with E-state index in [1.165, 1.54) is 13.0 Å². The Morgan fingerprint density at radius 3 is 2.33 bits per heavy atom. The molecule has 0 aliphatic carbocycles. The van der Waals surface area contributed by atoms with Crippen molar-refractivity contribution in [3.8, 4) is 0 Å². The lowest BCUT2D eigenvalue weighted by Gasteiger charge is -2.17. The normalized spacial score (nSPS) is 14.4. The minimum Gasteiger partial charge on any atom is -0.326 e. The van der Waals surface area contributed by atoms with Crippen LogP contribution in [-0.2, 0) is 25.8 Å². The van der Waals surface area contributed by atoms with Gasteiger partial charge in [-0.3, -0.25) is 9.59 Å². The Morgan fingerprint density at radius 2 is 1.73 bits per heavy atom. The van der Waals surface area contributed by atoms with Crippen LogP contribution in [0.3, 0.4) is 0 Å². The number of carbonyl (C=O) groups is 2. The molecule has 0 saturated carbocycles. The van der Waals surface area contributed by atoms with Gasteiger partial charge in [0.1, 0.15) is 0 Å². The van der Waals surface area contributed by atoms with Gasteiger partial charge in [0, 0.05) is 31.3 Å². The Kier molecular flexibility index (Phi) is 6.04. The largest absolute Gasteiger partial charge is 0.326 e. The van der Waals surface area contributed by atoms with Crippen LogP contribution in [0, 0.1) is 20.8 Å². The van der Waals surface area contributed by atoms with Gasteiger partial charge >= 0.3 is 0 Å². The maximum Gasteiger partial charge on any atom is 0.225 e. The summed E-state index contributed by atoms with van der Waals surface area (Å²) < 4.78 is 26.1. The van der Waals surface area contributed by atoms with Crippen molar-refractivity contribution < 1.29 is 18.0 Å². The molecule has 1 N–H and O–H groups in total. The first-order valence-corrected chi connectivity index (χ1v) is 11.6. The fraction of sp³-hybridized carbons (Fsp3) is 0.391. The number of nitrogens with zero attached hydrogens (tertiary/aromatic N) is 1. The number of hydrogen-bond acceptors (Lipinski definition) is 4. The first kappa shape index (κ1) is 22.0. The minimum absolute atomic E-state index is 0.0592. The third-order valence-corrected chi connectivity index (χ3v) is 7.74. The van der Waals surface area contributed by atoms with Gasteiger partial charge in [0.05, 0.1) is 10.1 Å². The van der Waals surface area contributed by atoms with Gasteiger partial charge < -0.3 is 10.2 Å². The molecule has 2 amide bonds. The van der Waals surface area contributed by atoms with Gasteiger partial charge in [-0.2, -0.15) is 0 Å². The van der Waals surface area contributed by atoms with Crippen LogP contribution in [0.5, 0.6) is 0 Å². The van der Waals surface area contributed by atoms with E-state index in [2.05, 4.69) is 5.32 Å². The Bertz CT molecular complexity index is 1100. The van der Waals surface area contributed by atoms with E-state index < -0.39 is 15.1 Å². The first-order chi connectivity index (χ1) is 14.0. The molecule has 1 aliphatic heterocycles. The summed E-state index contributed by atoms with van der Waals surface area (Å²) in [6, 6.07) is 8.81. The van der Waals surface area contributed by atoms with E-state index in [1.807, 2.05) is 32.9 Å². The van der Waals surface area contributed by atoms with E-state index in [9.17, 15) is 18.0 Å². The third kappa shape index (κ3) is 4.26. The smallest absolute Gasteiger partial charge is 0.225 e. The zero-order chi connectivity index (χ0) is 22.2. The van der Waals surface area contributed by atoms with Crippen LogP contribution in [0.25, 0.3) is 0 Å². The quantitative estimate of drug-likeness (QED) is 0.787. The Labute approximate surface area is 178 Å². The molecule has 3 rings (SSSR count). The number of benzene rings is 2. The van der Waals surface area contributed by atoms with E-state index in [-0.39, 0.29) is 23.1 Å². The van der Waals surface area contributed by atoms with Crippen molar-refractivity contribution >= 4 is 33.0 Å². The van der Waals surface area contributed by atoms with Gasteiger partial charge in [0.25, 0.3) is 0 Å². The summed E-state index contributed by atoms with van der Waals surface area (Å²) in [7, 11) is -3.68. The van der Waals surface area contributed by atoms with Gasteiger partial charge in [-0.15, -0.1) is 0 Å². The molecule has 6 nitrogen and oxygen atoms in total. The second kappa shape index (κ2) is 8.22. The van der Waals surface area contributed by atoms with Gasteiger partial charge in [-0.05, 0) is 69.0 Å². The Hall–Kier alpha value is -2.67.